The first-order valence-electron chi connectivity index (χ1n) is 10.7. The molecule has 1 heterocycles. The van der Waals surface area contributed by atoms with Gasteiger partial charge in [0.15, 0.2) is 6.10 Å². The zero-order valence-electron chi connectivity index (χ0n) is 19.2. The first kappa shape index (κ1) is 25.3. The molecule has 0 aliphatic carbocycles. The highest BCUT2D eigenvalue weighted by molar-refractivity contribution is 7.89. The van der Waals surface area contributed by atoms with Crippen molar-refractivity contribution in [3.8, 4) is 0 Å². The summed E-state index contributed by atoms with van der Waals surface area (Å²) in [6.45, 7) is 5.55. The van der Waals surface area contributed by atoms with E-state index in [4.69, 9.17) is 9.47 Å². The molecule has 0 spiro atoms. The number of amides is 2. The van der Waals surface area contributed by atoms with Gasteiger partial charge in [-0.15, -0.1) is 0 Å². The number of carbonyl (C=O) groups is 3. The molecule has 11 heteroatoms. The van der Waals surface area contributed by atoms with Crippen LogP contribution in [-0.4, -0.2) is 62.9 Å². The summed E-state index contributed by atoms with van der Waals surface area (Å²) in [7, 11) is -3.79. The molecule has 10 nitrogen and oxygen atoms in total. The first-order valence-corrected chi connectivity index (χ1v) is 12.1. The van der Waals surface area contributed by atoms with E-state index in [1.165, 1.54) is 36.4 Å². The highest BCUT2D eigenvalue weighted by Gasteiger charge is 2.28. The number of benzene rings is 2. The number of aryl methyl sites for hydroxylation is 1. The zero-order valence-corrected chi connectivity index (χ0v) is 20.0. The van der Waals surface area contributed by atoms with Crippen molar-refractivity contribution in [2.75, 3.05) is 36.9 Å². The number of esters is 1. The van der Waals surface area contributed by atoms with Crippen molar-refractivity contribution in [2.45, 2.75) is 31.8 Å². The molecule has 1 aliphatic heterocycles. The Bertz CT molecular complexity index is 1170. The molecule has 0 bridgehead atoms. The lowest BCUT2D eigenvalue weighted by atomic mass is 10.1. The van der Waals surface area contributed by atoms with Crippen LogP contribution in [0.2, 0.25) is 0 Å². The summed E-state index contributed by atoms with van der Waals surface area (Å²) in [6, 6.07) is 10.7. The summed E-state index contributed by atoms with van der Waals surface area (Å²) >= 11 is 0. The number of nitrogens with zero attached hydrogens (tertiary/aromatic N) is 1. The van der Waals surface area contributed by atoms with Crippen molar-refractivity contribution in [3.05, 3.63) is 53.6 Å². The van der Waals surface area contributed by atoms with Crippen LogP contribution in [0.1, 0.15) is 29.8 Å². The SMILES string of the molecule is CC(=O)Nc1ccc(NC(=O)[C@H](C)OC(=O)c2cc(S(=O)(=O)N3CCOCC3)ccc2C)cc1. The molecule has 34 heavy (non-hydrogen) atoms. The van der Waals surface area contributed by atoms with E-state index in [9.17, 15) is 22.8 Å². The van der Waals surface area contributed by atoms with Crippen LogP contribution in [0.25, 0.3) is 0 Å². The third-order valence-corrected chi connectivity index (χ3v) is 7.06. The van der Waals surface area contributed by atoms with Crippen LogP contribution in [0.3, 0.4) is 0 Å². The molecule has 0 unspecified atom stereocenters. The van der Waals surface area contributed by atoms with Crippen molar-refractivity contribution in [1.82, 2.24) is 4.31 Å². The number of ether oxygens (including phenoxy) is 2. The fraction of sp³-hybridized carbons (Fsp3) is 0.348. The van der Waals surface area contributed by atoms with Crippen molar-refractivity contribution >= 4 is 39.2 Å². The topological polar surface area (TPSA) is 131 Å². The third-order valence-electron chi connectivity index (χ3n) is 5.16. The summed E-state index contributed by atoms with van der Waals surface area (Å²) in [5.41, 5.74) is 1.62. The standard InChI is InChI=1S/C23H27N3O7S/c1-15-4-9-20(34(30,31)26-10-12-32-13-11-26)14-21(15)23(29)33-16(2)22(28)25-19-7-5-18(6-8-19)24-17(3)27/h4-9,14,16H,10-13H2,1-3H3,(H,24,27)(H,25,28)/t16-/m0/s1. The molecule has 1 atom stereocenters. The second kappa shape index (κ2) is 10.8. The molecule has 0 aromatic heterocycles. The Morgan fingerprint density at radius 3 is 2.18 bits per heavy atom. The van der Waals surface area contributed by atoms with Crippen molar-refractivity contribution < 1.29 is 32.3 Å². The third kappa shape index (κ3) is 6.19. The van der Waals surface area contributed by atoms with Crippen LogP contribution in [0.15, 0.2) is 47.4 Å². The van der Waals surface area contributed by atoms with E-state index in [0.717, 1.165) is 0 Å². The maximum absolute atomic E-state index is 12.9. The second-order valence-corrected chi connectivity index (χ2v) is 9.73. The highest BCUT2D eigenvalue weighted by atomic mass is 32.2. The van der Waals surface area contributed by atoms with Gasteiger partial charge in [-0.25, -0.2) is 13.2 Å². The maximum Gasteiger partial charge on any atom is 0.339 e. The minimum atomic E-state index is -3.79. The van der Waals surface area contributed by atoms with Gasteiger partial charge >= 0.3 is 5.97 Å². The second-order valence-electron chi connectivity index (χ2n) is 7.79. The minimum absolute atomic E-state index is 0.0247. The maximum atomic E-state index is 12.9. The van der Waals surface area contributed by atoms with Gasteiger partial charge in [0.2, 0.25) is 15.9 Å². The zero-order chi connectivity index (χ0) is 24.9. The molecule has 0 radical (unpaired) electrons. The minimum Gasteiger partial charge on any atom is -0.449 e. The predicted molar refractivity (Wildman–Crippen MR) is 125 cm³/mol. The molecule has 3 rings (SSSR count). The van der Waals surface area contributed by atoms with Gasteiger partial charge in [-0.1, -0.05) is 6.07 Å². The first-order chi connectivity index (χ1) is 16.1. The van der Waals surface area contributed by atoms with E-state index >= 15 is 0 Å². The fourth-order valence-corrected chi connectivity index (χ4v) is 4.71. The Hall–Kier alpha value is -3.28. The number of anilines is 2. The molecule has 2 aromatic carbocycles. The van der Waals surface area contributed by atoms with Crippen LogP contribution in [0, 0.1) is 6.92 Å². The molecule has 182 valence electrons. The average Bonchev–Trinajstić information content (AvgIpc) is 2.80. The molecular weight excluding hydrogens is 462 g/mol. The molecule has 1 fully saturated rings. The number of sulfonamides is 1. The fourth-order valence-electron chi connectivity index (χ4n) is 3.28. The van der Waals surface area contributed by atoms with Crippen molar-refractivity contribution in [3.63, 3.8) is 0 Å². The van der Waals surface area contributed by atoms with Crippen molar-refractivity contribution in [1.29, 1.82) is 0 Å². The van der Waals surface area contributed by atoms with E-state index in [2.05, 4.69) is 10.6 Å². The van der Waals surface area contributed by atoms with Gasteiger partial charge in [0.25, 0.3) is 5.91 Å². The van der Waals surface area contributed by atoms with Crippen molar-refractivity contribution in [2.24, 2.45) is 0 Å². The van der Waals surface area contributed by atoms with Crippen LogP contribution in [0.4, 0.5) is 11.4 Å². The van der Waals surface area contributed by atoms with Gasteiger partial charge in [0, 0.05) is 31.4 Å². The van der Waals surface area contributed by atoms with Gasteiger partial charge in [0.1, 0.15) is 0 Å². The number of rotatable bonds is 7. The number of morpholine rings is 1. The Labute approximate surface area is 198 Å². The predicted octanol–water partition coefficient (Wildman–Crippen LogP) is 2.16. The molecule has 1 saturated heterocycles. The smallest absolute Gasteiger partial charge is 0.339 e. The largest absolute Gasteiger partial charge is 0.449 e. The molecule has 2 aromatic rings. The number of hydrogen-bond acceptors (Lipinski definition) is 7. The lowest BCUT2D eigenvalue weighted by Gasteiger charge is -2.26. The molecule has 0 saturated carbocycles. The van der Waals surface area contributed by atoms with Gasteiger partial charge in [-0.2, -0.15) is 4.31 Å². The van der Waals surface area contributed by atoms with Crippen LogP contribution < -0.4 is 10.6 Å². The average molecular weight is 490 g/mol. The van der Waals surface area contributed by atoms with Gasteiger partial charge in [0.05, 0.1) is 23.7 Å². The van der Waals surface area contributed by atoms with E-state index < -0.39 is 28.0 Å². The van der Waals surface area contributed by atoms with E-state index in [1.807, 2.05) is 0 Å². The number of nitrogens with one attached hydrogen (secondary N) is 2. The summed E-state index contributed by atoms with van der Waals surface area (Å²) in [5.74, 6) is -1.58. The molecular formula is C23H27N3O7S. The Morgan fingerprint density at radius 1 is 1.00 bits per heavy atom. The highest BCUT2D eigenvalue weighted by Crippen LogP contribution is 2.22. The lowest BCUT2D eigenvalue weighted by Crippen LogP contribution is -2.40. The Balaban J connectivity index is 1.67. The summed E-state index contributed by atoms with van der Waals surface area (Å²) in [4.78, 5) is 36.3. The molecule has 1 aliphatic rings. The Kier molecular flexibility index (Phi) is 8.02. The monoisotopic (exact) mass is 489 g/mol. The summed E-state index contributed by atoms with van der Waals surface area (Å²) in [6.07, 6.45) is -1.14. The number of carbonyl (C=O) groups excluding carboxylic acids is 3. The summed E-state index contributed by atoms with van der Waals surface area (Å²) in [5, 5.41) is 5.25. The lowest BCUT2D eigenvalue weighted by molar-refractivity contribution is -0.123. The van der Waals surface area contributed by atoms with Crippen LogP contribution in [-0.2, 0) is 29.1 Å². The van der Waals surface area contributed by atoms with Gasteiger partial charge in [-0.3, -0.25) is 9.59 Å². The van der Waals surface area contributed by atoms with Gasteiger partial charge in [-0.05, 0) is 55.8 Å². The quantitative estimate of drug-likeness (QED) is 0.570. The van der Waals surface area contributed by atoms with Crippen LogP contribution in [0.5, 0.6) is 0 Å². The molecule has 2 amide bonds. The van der Waals surface area contributed by atoms with Gasteiger partial charge < -0.3 is 20.1 Å². The van der Waals surface area contributed by atoms with Crippen LogP contribution >= 0.6 is 0 Å². The van der Waals surface area contributed by atoms with E-state index in [1.54, 1.807) is 31.2 Å². The summed E-state index contributed by atoms with van der Waals surface area (Å²) < 4.78 is 37.7. The number of hydrogen-bond donors (Lipinski definition) is 2. The molecule has 2 N–H and O–H groups in total. The van der Waals surface area contributed by atoms with E-state index in [0.29, 0.717) is 30.2 Å². The normalized spacial score (nSPS) is 15.3. The Morgan fingerprint density at radius 2 is 1.59 bits per heavy atom. The van der Waals surface area contributed by atoms with E-state index in [-0.39, 0.29) is 29.5 Å².